The molecule has 24 heavy (non-hydrogen) atoms. The van der Waals surface area contributed by atoms with Gasteiger partial charge in [-0.15, -0.1) is 0 Å². The third kappa shape index (κ3) is 4.80. The number of carbonyl (C=O) groups is 1. The first-order valence-electron chi connectivity index (χ1n) is 7.45. The predicted molar refractivity (Wildman–Crippen MR) is 89.1 cm³/mol. The van der Waals surface area contributed by atoms with E-state index in [-0.39, 0.29) is 18.5 Å². The van der Waals surface area contributed by atoms with Gasteiger partial charge in [-0.05, 0) is 19.1 Å². The predicted octanol–water partition coefficient (Wildman–Crippen LogP) is 1.03. The molecule has 0 radical (unpaired) electrons. The molecule has 1 atom stereocenters. The van der Waals surface area contributed by atoms with E-state index >= 15 is 0 Å². The second-order valence-electron chi connectivity index (χ2n) is 5.22. The summed E-state index contributed by atoms with van der Waals surface area (Å²) < 4.78 is 10.6. The first-order valence-corrected chi connectivity index (χ1v) is 7.45. The Morgan fingerprint density at radius 2 is 1.92 bits per heavy atom. The molecule has 0 saturated carbocycles. The van der Waals surface area contributed by atoms with Crippen molar-refractivity contribution in [2.75, 3.05) is 26.1 Å². The minimum Gasteiger partial charge on any atom is -0.481 e. The van der Waals surface area contributed by atoms with Crippen molar-refractivity contribution in [1.82, 2.24) is 20.3 Å². The van der Waals surface area contributed by atoms with Crippen molar-refractivity contribution < 1.29 is 14.3 Å². The number of para-hydroxylation sites is 1. The van der Waals surface area contributed by atoms with Gasteiger partial charge in [0.05, 0.1) is 13.7 Å². The Morgan fingerprint density at radius 1 is 1.21 bits per heavy atom. The van der Waals surface area contributed by atoms with Crippen LogP contribution >= 0.6 is 0 Å². The number of carbonyl (C=O) groups excluding carboxylic acids is 1. The number of benzene rings is 1. The quantitative estimate of drug-likeness (QED) is 0.810. The molecule has 0 bridgehead atoms. The standard InChI is InChI=1S/C16H21N5O3/c1-11(24-12-8-6-5-7-9-12)14(22)17-10-13-18-15(21(2)3)20-16(19-13)23-4/h5-9,11H,10H2,1-4H3,(H,17,22)/t11-/m1/s1. The summed E-state index contributed by atoms with van der Waals surface area (Å²) in [5.41, 5.74) is 0. The van der Waals surface area contributed by atoms with Crippen LogP contribution in [-0.2, 0) is 11.3 Å². The van der Waals surface area contributed by atoms with Gasteiger partial charge >= 0.3 is 6.01 Å². The molecule has 2 aromatic rings. The van der Waals surface area contributed by atoms with E-state index in [1.807, 2.05) is 32.3 Å². The highest BCUT2D eigenvalue weighted by atomic mass is 16.5. The van der Waals surface area contributed by atoms with Crippen LogP contribution in [0.1, 0.15) is 12.7 Å². The molecule has 1 aromatic heterocycles. The van der Waals surface area contributed by atoms with Gasteiger partial charge in [-0.2, -0.15) is 15.0 Å². The van der Waals surface area contributed by atoms with Crippen LogP contribution in [0.25, 0.3) is 0 Å². The molecule has 2 rings (SSSR count). The van der Waals surface area contributed by atoms with Crippen molar-refractivity contribution in [3.8, 4) is 11.8 Å². The smallest absolute Gasteiger partial charge is 0.321 e. The van der Waals surface area contributed by atoms with Crippen molar-refractivity contribution in [3.05, 3.63) is 36.2 Å². The molecule has 0 aliphatic heterocycles. The first-order chi connectivity index (χ1) is 11.5. The Labute approximate surface area is 140 Å². The van der Waals surface area contributed by atoms with E-state index in [0.717, 1.165) is 0 Å². The molecular formula is C16H21N5O3. The molecule has 0 fully saturated rings. The second-order valence-corrected chi connectivity index (χ2v) is 5.22. The fourth-order valence-corrected chi connectivity index (χ4v) is 1.82. The maximum atomic E-state index is 12.1. The molecule has 0 aliphatic carbocycles. The lowest BCUT2D eigenvalue weighted by atomic mass is 10.3. The molecule has 1 N–H and O–H groups in total. The van der Waals surface area contributed by atoms with Gasteiger partial charge in [-0.3, -0.25) is 4.79 Å². The third-order valence-corrected chi connectivity index (χ3v) is 3.08. The number of ether oxygens (including phenoxy) is 2. The number of nitrogens with zero attached hydrogens (tertiary/aromatic N) is 4. The first kappa shape index (κ1) is 17.5. The maximum Gasteiger partial charge on any atom is 0.321 e. The number of aromatic nitrogens is 3. The molecule has 8 heteroatoms. The highest BCUT2D eigenvalue weighted by molar-refractivity contribution is 5.80. The summed E-state index contributed by atoms with van der Waals surface area (Å²) in [4.78, 5) is 26.4. The maximum absolute atomic E-state index is 12.1. The molecular weight excluding hydrogens is 310 g/mol. The lowest BCUT2D eigenvalue weighted by Gasteiger charge is -2.15. The fraction of sp³-hybridized carbons (Fsp3) is 0.375. The molecule has 128 valence electrons. The average molecular weight is 331 g/mol. The van der Waals surface area contributed by atoms with Crippen molar-refractivity contribution in [1.29, 1.82) is 0 Å². The summed E-state index contributed by atoms with van der Waals surface area (Å²) in [6, 6.07) is 9.37. The molecule has 0 saturated heterocycles. The van der Waals surface area contributed by atoms with Crippen LogP contribution in [-0.4, -0.2) is 48.2 Å². The Bertz CT molecular complexity index is 679. The van der Waals surface area contributed by atoms with Gasteiger partial charge in [0.2, 0.25) is 5.95 Å². The zero-order valence-electron chi connectivity index (χ0n) is 14.2. The summed E-state index contributed by atoms with van der Waals surface area (Å²) in [6.45, 7) is 1.84. The molecule has 8 nitrogen and oxygen atoms in total. The van der Waals surface area contributed by atoms with E-state index in [2.05, 4.69) is 20.3 Å². The number of anilines is 1. The SMILES string of the molecule is COc1nc(CNC(=O)[C@@H](C)Oc2ccccc2)nc(N(C)C)n1. The van der Waals surface area contributed by atoms with Crippen molar-refractivity contribution in [2.24, 2.45) is 0 Å². The van der Waals surface area contributed by atoms with Gasteiger partial charge in [0, 0.05) is 14.1 Å². The van der Waals surface area contributed by atoms with E-state index in [0.29, 0.717) is 17.5 Å². The van der Waals surface area contributed by atoms with Gasteiger partial charge in [-0.1, -0.05) is 18.2 Å². The monoisotopic (exact) mass is 331 g/mol. The van der Waals surface area contributed by atoms with E-state index in [9.17, 15) is 4.79 Å². The number of hydrogen-bond acceptors (Lipinski definition) is 7. The van der Waals surface area contributed by atoms with Gasteiger partial charge in [0.15, 0.2) is 11.9 Å². The largest absolute Gasteiger partial charge is 0.481 e. The molecule has 1 aromatic carbocycles. The molecule has 1 amide bonds. The van der Waals surface area contributed by atoms with Crippen LogP contribution in [0, 0.1) is 0 Å². The summed E-state index contributed by atoms with van der Waals surface area (Å²) >= 11 is 0. The van der Waals surface area contributed by atoms with Gasteiger partial charge in [-0.25, -0.2) is 0 Å². The average Bonchev–Trinajstić information content (AvgIpc) is 2.60. The van der Waals surface area contributed by atoms with Crippen LogP contribution in [0.2, 0.25) is 0 Å². The Morgan fingerprint density at radius 3 is 2.54 bits per heavy atom. The summed E-state index contributed by atoms with van der Waals surface area (Å²) in [5.74, 6) is 1.24. The minimum absolute atomic E-state index is 0.154. The lowest BCUT2D eigenvalue weighted by Crippen LogP contribution is -2.36. The number of methoxy groups -OCH3 is 1. The van der Waals surface area contributed by atoms with E-state index in [1.165, 1.54) is 7.11 Å². The number of hydrogen-bond donors (Lipinski definition) is 1. The zero-order chi connectivity index (χ0) is 17.5. The number of nitrogens with one attached hydrogen (secondary N) is 1. The van der Waals surface area contributed by atoms with Crippen LogP contribution < -0.4 is 19.7 Å². The fourth-order valence-electron chi connectivity index (χ4n) is 1.82. The second kappa shape index (κ2) is 8.09. The summed E-state index contributed by atoms with van der Waals surface area (Å²) in [5, 5.41) is 2.75. The molecule has 0 spiro atoms. The normalized spacial score (nSPS) is 11.5. The topological polar surface area (TPSA) is 89.5 Å². The Balaban J connectivity index is 1.97. The summed E-state index contributed by atoms with van der Waals surface area (Å²) in [6.07, 6.45) is -0.635. The van der Waals surface area contributed by atoms with Crippen molar-refractivity contribution >= 4 is 11.9 Å². The minimum atomic E-state index is -0.635. The van der Waals surface area contributed by atoms with Crippen LogP contribution in [0.4, 0.5) is 5.95 Å². The van der Waals surface area contributed by atoms with Crippen molar-refractivity contribution in [3.63, 3.8) is 0 Å². The Kier molecular flexibility index (Phi) is 5.89. The zero-order valence-corrected chi connectivity index (χ0v) is 14.2. The van der Waals surface area contributed by atoms with Crippen molar-refractivity contribution in [2.45, 2.75) is 19.6 Å². The van der Waals surface area contributed by atoms with E-state index < -0.39 is 6.10 Å². The Hall–Kier alpha value is -2.90. The highest BCUT2D eigenvalue weighted by Gasteiger charge is 2.16. The van der Waals surface area contributed by atoms with Crippen LogP contribution in [0.3, 0.4) is 0 Å². The number of amides is 1. The van der Waals surface area contributed by atoms with Crippen LogP contribution in [0.15, 0.2) is 30.3 Å². The summed E-state index contributed by atoms with van der Waals surface area (Å²) in [7, 11) is 5.10. The van der Waals surface area contributed by atoms with Gasteiger partial charge in [0.1, 0.15) is 5.75 Å². The highest BCUT2D eigenvalue weighted by Crippen LogP contribution is 2.11. The molecule has 1 heterocycles. The molecule has 0 unspecified atom stereocenters. The van der Waals surface area contributed by atoms with Gasteiger partial charge in [0.25, 0.3) is 5.91 Å². The van der Waals surface area contributed by atoms with E-state index in [1.54, 1.807) is 24.0 Å². The van der Waals surface area contributed by atoms with Crippen LogP contribution in [0.5, 0.6) is 11.8 Å². The third-order valence-electron chi connectivity index (χ3n) is 3.08. The van der Waals surface area contributed by atoms with E-state index in [4.69, 9.17) is 9.47 Å². The molecule has 0 aliphatic rings. The number of rotatable bonds is 7. The lowest BCUT2D eigenvalue weighted by molar-refractivity contribution is -0.127. The van der Waals surface area contributed by atoms with Gasteiger partial charge < -0.3 is 19.7 Å².